The molecule has 36 heavy (non-hydrogen) atoms. The summed E-state index contributed by atoms with van der Waals surface area (Å²) in [6, 6.07) is 13.6. The number of carbonyl (C=O) groups is 1. The number of benzene rings is 2. The van der Waals surface area contributed by atoms with Gasteiger partial charge < -0.3 is 9.72 Å². The second-order valence-corrected chi connectivity index (χ2v) is 9.87. The summed E-state index contributed by atoms with van der Waals surface area (Å²) >= 11 is 0. The van der Waals surface area contributed by atoms with Gasteiger partial charge in [-0.15, -0.1) is 0 Å². The molecule has 0 bridgehead atoms. The monoisotopic (exact) mass is 482 g/mol. The van der Waals surface area contributed by atoms with Crippen molar-refractivity contribution >= 4 is 22.9 Å². The molecular formula is C30H34N4O2. The van der Waals surface area contributed by atoms with E-state index in [2.05, 4.69) is 77.6 Å². The Morgan fingerprint density at radius 1 is 1.22 bits per heavy atom. The van der Waals surface area contributed by atoms with Gasteiger partial charge in [0.2, 0.25) is 0 Å². The van der Waals surface area contributed by atoms with Crippen molar-refractivity contribution < 1.29 is 9.53 Å². The average Bonchev–Trinajstić information content (AvgIpc) is 3.56. The molecule has 1 aliphatic carbocycles. The van der Waals surface area contributed by atoms with E-state index in [-0.39, 0.29) is 5.97 Å². The lowest BCUT2D eigenvalue weighted by molar-refractivity contribution is -0.134. The third-order valence-corrected chi connectivity index (χ3v) is 7.35. The second kappa shape index (κ2) is 10.2. The molecule has 2 aromatic carbocycles. The maximum atomic E-state index is 11.5. The minimum Gasteiger partial charge on any atom is -0.466 e. The number of esters is 1. The Bertz CT molecular complexity index is 1430. The van der Waals surface area contributed by atoms with E-state index in [9.17, 15) is 4.79 Å². The van der Waals surface area contributed by atoms with Crippen LogP contribution in [0.5, 0.6) is 0 Å². The molecule has 6 heteroatoms. The average molecular weight is 483 g/mol. The van der Waals surface area contributed by atoms with Gasteiger partial charge in [0.05, 0.1) is 12.8 Å². The summed E-state index contributed by atoms with van der Waals surface area (Å²) < 4.78 is 6.64. The quantitative estimate of drug-likeness (QED) is 0.268. The topological polar surface area (TPSA) is 63.1 Å². The van der Waals surface area contributed by atoms with Crippen molar-refractivity contribution in [3.05, 3.63) is 93.9 Å². The van der Waals surface area contributed by atoms with E-state index in [1.54, 1.807) is 0 Å². The molecule has 2 heterocycles. The van der Waals surface area contributed by atoms with Gasteiger partial charge in [0.1, 0.15) is 0 Å². The lowest BCUT2D eigenvalue weighted by Crippen LogP contribution is -2.29. The smallest absolute Gasteiger partial charge is 0.330 e. The minimum absolute atomic E-state index is 0.334. The number of nitrogens with one attached hydrogen (secondary N) is 1. The number of H-pyrrole nitrogens is 1. The molecular weight excluding hydrogens is 448 g/mol. The first-order valence-electron chi connectivity index (χ1n) is 12.6. The summed E-state index contributed by atoms with van der Waals surface area (Å²) in [7, 11) is 3.39. The largest absolute Gasteiger partial charge is 0.466 e. The van der Waals surface area contributed by atoms with Gasteiger partial charge in [-0.05, 0) is 73.1 Å². The Morgan fingerprint density at radius 2 is 2.08 bits per heavy atom. The van der Waals surface area contributed by atoms with E-state index in [4.69, 9.17) is 4.74 Å². The van der Waals surface area contributed by atoms with Crippen LogP contribution in [-0.4, -0.2) is 39.3 Å². The Hall–Kier alpha value is -3.64. The van der Waals surface area contributed by atoms with Crippen molar-refractivity contribution in [2.24, 2.45) is 7.05 Å². The summed E-state index contributed by atoms with van der Waals surface area (Å²) in [5.74, 6) is -0.334. The molecule has 1 unspecified atom stereocenters. The van der Waals surface area contributed by atoms with Crippen LogP contribution in [0.25, 0.3) is 17.0 Å². The third-order valence-electron chi connectivity index (χ3n) is 7.35. The number of methoxy groups -OCH3 is 1. The predicted octanol–water partition coefficient (Wildman–Crippen LogP) is 5.44. The van der Waals surface area contributed by atoms with Crippen molar-refractivity contribution in [3.8, 4) is 0 Å². The summed E-state index contributed by atoms with van der Waals surface area (Å²) in [5.41, 5.74) is 9.99. The normalized spacial score (nSPS) is 15.3. The van der Waals surface area contributed by atoms with Gasteiger partial charge in [0, 0.05) is 61.1 Å². The fourth-order valence-corrected chi connectivity index (χ4v) is 5.47. The molecule has 0 amide bonds. The van der Waals surface area contributed by atoms with Crippen molar-refractivity contribution in [3.63, 3.8) is 0 Å². The highest BCUT2D eigenvalue weighted by molar-refractivity contribution is 5.87. The van der Waals surface area contributed by atoms with E-state index in [1.807, 2.05) is 17.8 Å². The number of rotatable bonds is 8. The third kappa shape index (κ3) is 5.00. The van der Waals surface area contributed by atoms with E-state index >= 15 is 0 Å². The molecule has 186 valence electrons. The van der Waals surface area contributed by atoms with E-state index < -0.39 is 0 Å². The number of fused-ring (bicyclic) bond motifs is 2. The van der Waals surface area contributed by atoms with Gasteiger partial charge in [-0.2, -0.15) is 5.10 Å². The van der Waals surface area contributed by atoms with Crippen molar-refractivity contribution in [1.82, 2.24) is 19.7 Å². The molecule has 6 nitrogen and oxygen atoms in total. The van der Waals surface area contributed by atoms with Crippen LogP contribution in [-0.2, 0) is 36.0 Å². The Morgan fingerprint density at radius 3 is 2.86 bits per heavy atom. The molecule has 1 aliphatic rings. The van der Waals surface area contributed by atoms with Crippen LogP contribution >= 0.6 is 0 Å². The van der Waals surface area contributed by atoms with E-state index in [0.717, 1.165) is 43.6 Å². The highest BCUT2D eigenvalue weighted by atomic mass is 16.5. The summed E-state index contributed by atoms with van der Waals surface area (Å²) in [6.45, 7) is 6.06. The lowest BCUT2D eigenvalue weighted by Gasteiger charge is -2.29. The van der Waals surface area contributed by atoms with Gasteiger partial charge in [0.15, 0.2) is 0 Å². The molecule has 0 fully saturated rings. The fraction of sp³-hybridized carbons (Fsp3) is 0.333. The first kappa shape index (κ1) is 24.1. The molecule has 1 atom stereocenters. The molecule has 4 aromatic rings. The number of nitrogens with zero attached hydrogens (tertiary/aromatic N) is 3. The van der Waals surface area contributed by atoms with Crippen LogP contribution in [0.1, 0.15) is 51.5 Å². The maximum Gasteiger partial charge on any atom is 0.330 e. The Labute approximate surface area is 212 Å². The predicted molar refractivity (Wildman–Crippen MR) is 144 cm³/mol. The molecule has 1 N–H and O–H groups in total. The summed E-state index contributed by atoms with van der Waals surface area (Å²) in [5, 5.41) is 5.90. The van der Waals surface area contributed by atoms with Crippen molar-refractivity contribution in [2.75, 3.05) is 13.7 Å². The van der Waals surface area contributed by atoms with Crippen LogP contribution in [0.15, 0.2) is 54.9 Å². The Kier molecular flexibility index (Phi) is 6.79. The molecule has 0 saturated carbocycles. The zero-order chi connectivity index (χ0) is 25.2. The van der Waals surface area contributed by atoms with Crippen LogP contribution < -0.4 is 0 Å². The van der Waals surface area contributed by atoms with Gasteiger partial charge in [0.25, 0.3) is 0 Å². The van der Waals surface area contributed by atoms with Gasteiger partial charge in [-0.1, -0.05) is 30.3 Å². The van der Waals surface area contributed by atoms with Gasteiger partial charge in [-0.25, -0.2) is 4.79 Å². The lowest BCUT2D eigenvalue weighted by atomic mass is 10.0. The number of carbonyl (C=O) groups excluding carboxylic acids is 1. The van der Waals surface area contributed by atoms with Crippen LogP contribution in [0.4, 0.5) is 0 Å². The van der Waals surface area contributed by atoms with Crippen LogP contribution in [0.2, 0.25) is 0 Å². The second-order valence-electron chi connectivity index (χ2n) is 9.87. The highest BCUT2D eigenvalue weighted by Crippen LogP contribution is 2.38. The number of hydrogen-bond donors (Lipinski definition) is 1. The minimum atomic E-state index is -0.334. The number of aryl methyl sites for hydroxylation is 4. The summed E-state index contributed by atoms with van der Waals surface area (Å²) in [4.78, 5) is 17.6. The standard InChI is InChI=1S/C30H34N4O2/c1-20-5-9-26-24(17-31-28(26)15-20)13-14-34(19-25-18-33(3)32-21(25)2)29-11-8-23-16-22(6-10-27(23)29)7-12-30(35)36-4/h5-7,9-10,12,15-18,29,31H,8,11,13-14,19H2,1-4H3/b12-7+. The number of aromatic amines is 1. The van der Waals surface area contributed by atoms with Gasteiger partial charge >= 0.3 is 5.97 Å². The SMILES string of the molecule is COC(=O)/C=C/c1ccc2c(c1)CCC2N(CCc1c[nH]c2cc(C)ccc12)Cc1cn(C)nc1C. The first-order chi connectivity index (χ1) is 17.4. The highest BCUT2D eigenvalue weighted by Gasteiger charge is 2.29. The fourth-order valence-electron chi connectivity index (χ4n) is 5.47. The summed E-state index contributed by atoms with van der Waals surface area (Å²) in [6.07, 6.45) is 10.7. The number of ether oxygens (including phenoxy) is 1. The van der Waals surface area contributed by atoms with E-state index in [1.165, 1.54) is 51.9 Å². The van der Waals surface area contributed by atoms with Crippen molar-refractivity contribution in [2.45, 2.75) is 45.7 Å². The number of aromatic nitrogens is 3. The molecule has 2 aromatic heterocycles. The van der Waals surface area contributed by atoms with Crippen molar-refractivity contribution in [1.29, 1.82) is 0 Å². The van der Waals surface area contributed by atoms with Crippen LogP contribution in [0.3, 0.4) is 0 Å². The molecule has 0 saturated heterocycles. The van der Waals surface area contributed by atoms with Gasteiger partial charge in [-0.3, -0.25) is 9.58 Å². The molecule has 0 spiro atoms. The van der Waals surface area contributed by atoms with Crippen LogP contribution in [0, 0.1) is 13.8 Å². The maximum absolute atomic E-state index is 11.5. The molecule has 5 rings (SSSR count). The Balaban J connectivity index is 1.40. The molecule has 0 aliphatic heterocycles. The molecule has 0 radical (unpaired) electrons. The zero-order valence-corrected chi connectivity index (χ0v) is 21.5. The zero-order valence-electron chi connectivity index (χ0n) is 21.5. The first-order valence-corrected chi connectivity index (χ1v) is 12.6. The number of hydrogen-bond acceptors (Lipinski definition) is 4. The van der Waals surface area contributed by atoms with E-state index in [0.29, 0.717) is 6.04 Å².